The summed E-state index contributed by atoms with van der Waals surface area (Å²) < 4.78 is 0. The SMILES string of the molecule is CC1(C)CC(C)(C)c2cc3c(cc21)C1c2ccccc2C3(c2nc(-c3ccccc3)nc(-c3cccc(-c4ccccc4)c3)n2)c2ccccc21. The molecule has 3 heteroatoms. The van der Waals surface area contributed by atoms with Crippen molar-refractivity contribution in [3.8, 4) is 33.9 Å². The van der Waals surface area contributed by atoms with E-state index in [1.165, 1.54) is 44.5 Å². The lowest BCUT2D eigenvalue weighted by atomic mass is 9.52. The molecule has 3 nitrogen and oxygen atoms in total. The van der Waals surface area contributed by atoms with Gasteiger partial charge in [-0.3, -0.25) is 0 Å². The van der Waals surface area contributed by atoms with Crippen LogP contribution in [0, 0.1) is 0 Å². The minimum Gasteiger partial charge on any atom is -0.211 e. The van der Waals surface area contributed by atoms with Gasteiger partial charge in [0.25, 0.3) is 0 Å². The van der Waals surface area contributed by atoms with Crippen LogP contribution in [0.3, 0.4) is 0 Å². The second-order valence-electron chi connectivity index (χ2n) is 15.9. The van der Waals surface area contributed by atoms with Gasteiger partial charge >= 0.3 is 0 Å². The Morgan fingerprint density at radius 3 is 1.57 bits per heavy atom. The molecule has 11 rings (SSSR count). The number of nitrogens with zero attached hydrogens (tertiary/aromatic N) is 3. The fraction of sp³-hybridized carbons (Fsp3) is 0.188. The summed E-state index contributed by atoms with van der Waals surface area (Å²) in [6.45, 7) is 9.66. The fourth-order valence-electron chi connectivity index (χ4n) is 9.93. The van der Waals surface area contributed by atoms with Crippen LogP contribution in [0.5, 0.6) is 0 Å². The van der Waals surface area contributed by atoms with Crippen molar-refractivity contribution in [3.05, 3.63) is 196 Å². The highest BCUT2D eigenvalue weighted by atomic mass is 15.1. The first-order chi connectivity index (χ1) is 24.8. The van der Waals surface area contributed by atoms with Crippen molar-refractivity contribution < 1.29 is 0 Å². The van der Waals surface area contributed by atoms with Crippen molar-refractivity contribution in [1.29, 1.82) is 0 Å². The molecule has 1 aromatic heterocycles. The number of aromatic nitrogens is 3. The largest absolute Gasteiger partial charge is 0.211 e. The van der Waals surface area contributed by atoms with E-state index in [1.807, 2.05) is 6.07 Å². The van der Waals surface area contributed by atoms with Crippen molar-refractivity contribution >= 4 is 0 Å². The second kappa shape index (κ2) is 10.7. The van der Waals surface area contributed by atoms with Crippen molar-refractivity contribution in [2.24, 2.45) is 0 Å². The summed E-state index contributed by atoms with van der Waals surface area (Å²) in [5, 5.41) is 0. The maximum absolute atomic E-state index is 5.59. The van der Waals surface area contributed by atoms with Gasteiger partial charge in [0.2, 0.25) is 0 Å². The average molecular weight is 658 g/mol. The Balaban J connectivity index is 1.32. The molecule has 1 heterocycles. The summed E-state index contributed by atoms with van der Waals surface area (Å²) in [6, 6.07) is 52.7. The Morgan fingerprint density at radius 2 is 0.922 bits per heavy atom. The highest BCUT2D eigenvalue weighted by molar-refractivity contribution is 5.78. The van der Waals surface area contributed by atoms with Crippen LogP contribution < -0.4 is 0 Å². The third-order valence-electron chi connectivity index (χ3n) is 11.8. The van der Waals surface area contributed by atoms with E-state index in [4.69, 9.17) is 15.0 Å². The number of rotatable bonds is 4. The van der Waals surface area contributed by atoms with Crippen LogP contribution in [-0.2, 0) is 16.2 Å². The van der Waals surface area contributed by atoms with E-state index >= 15 is 0 Å². The van der Waals surface area contributed by atoms with E-state index in [0.29, 0.717) is 11.6 Å². The second-order valence-corrected chi connectivity index (χ2v) is 15.9. The molecule has 0 fully saturated rings. The number of hydrogen-bond acceptors (Lipinski definition) is 3. The molecule has 6 aromatic carbocycles. The quantitative estimate of drug-likeness (QED) is 0.189. The third-order valence-corrected chi connectivity index (χ3v) is 11.8. The predicted molar refractivity (Wildman–Crippen MR) is 206 cm³/mol. The van der Waals surface area contributed by atoms with Gasteiger partial charge in [-0.15, -0.1) is 0 Å². The molecule has 51 heavy (non-hydrogen) atoms. The van der Waals surface area contributed by atoms with Crippen molar-refractivity contribution in [2.45, 2.75) is 56.3 Å². The maximum atomic E-state index is 5.59. The van der Waals surface area contributed by atoms with Crippen LogP contribution in [-0.4, -0.2) is 15.0 Å². The van der Waals surface area contributed by atoms with Crippen molar-refractivity contribution in [2.75, 3.05) is 0 Å². The van der Waals surface area contributed by atoms with Crippen LogP contribution in [0.4, 0.5) is 0 Å². The number of fused-ring (bicyclic) bond motifs is 1. The van der Waals surface area contributed by atoms with E-state index in [9.17, 15) is 0 Å². The molecule has 2 bridgehead atoms. The summed E-state index contributed by atoms with van der Waals surface area (Å²) in [6.07, 6.45) is 1.11. The molecule has 0 amide bonds. The minimum absolute atomic E-state index is 0.0438. The van der Waals surface area contributed by atoms with Gasteiger partial charge in [-0.25, -0.2) is 15.0 Å². The smallest absolute Gasteiger partial charge is 0.163 e. The monoisotopic (exact) mass is 657 g/mol. The lowest BCUT2D eigenvalue weighted by Gasteiger charge is -2.50. The van der Waals surface area contributed by atoms with E-state index in [1.54, 1.807) is 0 Å². The van der Waals surface area contributed by atoms with E-state index < -0.39 is 5.41 Å². The van der Waals surface area contributed by atoms with Gasteiger partial charge in [-0.2, -0.15) is 0 Å². The summed E-state index contributed by atoms with van der Waals surface area (Å²) in [5.74, 6) is 2.28. The molecule has 4 aliphatic carbocycles. The fourth-order valence-corrected chi connectivity index (χ4v) is 9.93. The molecule has 7 aromatic rings. The van der Waals surface area contributed by atoms with Gasteiger partial charge in [-0.1, -0.05) is 167 Å². The Kier molecular flexibility index (Phi) is 6.31. The first-order valence-electron chi connectivity index (χ1n) is 18.1. The zero-order valence-corrected chi connectivity index (χ0v) is 29.5. The van der Waals surface area contributed by atoms with E-state index in [-0.39, 0.29) is 16.7 Å². The zero-order chi connectivity index (χ0) is 34.5. The van der Waals surface area contributed by atoms with Crippen LogP contribution in [0.15, 0.2) is 146 Å². The van der Waals surface area contributed by atoms with Gasteiger partial charge in [0.15, 0.2) is 17.5 Å². The number of hydrogen-bond donors (Lipinski definition) is 0. The molecular weight excluding hydrogens is 619 g/mol. The summed E-state index contributed by atoms with van der Waals surface area (Å²) in [5.41, 5.74) is 14.5. The number of benzene rings is 6. The van der Waals surface area contributed by atoms with Gasteiger partial charge in [0.05, 0.1) is 0 Å². The highest BCUT2D eigenvalue weighted by Crippen LogP contribution is 2.63. The average Bonchev–Trinajstić information content (AvgIpc) is 3.36. The van der Waals surface area contributed by atoms with Gasteiger partial charge in [-0.05, 0) is 79.0 Å². The third kappa shape index (κ3) is 4.27. The van der Waals surface area contributed by atoms with Crippen LogP contribution in [0.1, 0.15) is 90.4 Å². The summed E-state index contributed by atoms with van der Waals surface area (Å²) in [7, 11) is 0. The Labute approximate surface area is 300 Å². The standard InChI is InChI=1S/C48H39N3/c1-46(2)29-47(3,4)41-28-39-36(27-40(41)46)42-34-22-11-13-24-37(34)48(39,38-25-14-12-23-35(38)42)45-50-43(31-18-9-6-10-19-31)49-44(51-45)33-21-15-20-32(26-33)30-16-7-5-8-17-30/h5-28,42H,29H2,1-4H3. The van der Waals surface area contributed by atoms with Crippen LogP contribution in [0.25, 0.3) is 33.9 Å². The molecule has 0 radical (unpaired) electrons. The van der Waals surface area contributed by atoms with Gasteiger partial charge in [0, 0.05) is 17.0 Å². The normalized spacial score (nSPS) is 19.9. The molecule has 0 saturated heterocycles. The molecule has 0 saturated carbocycles. The van der Waals surface area contributed by atoms with Crippen LogP contribution in [0.2, 0.25) is 0 Å². The molecule has 246 valence electrons. The zero-order valence-electron chi connectivity index (χ0n) is 29.5. The highest BCUT2D eigenvalue weighted by Gasteiger charge is 2.56. The van der Waals surface area contributed by atoms with Gasteiger partial charge in [0.1, 0.15) is 5.41 Å². The molecular formula is C48H39N3. The Hall–Kier alpha value is -5.67. The molecule has 0 unspecified atom stereocenters. The summed E-state index contributed by atoms with van der Waals surface area (Å²) in [4.78, 5) is 16.3. The molecule has 0 spiro atoms. The molecule has 0 N–H and O–H groups in total. The Bertz CT molecular complexity index is 2460. The lowest BCUT2D eigenvalue weighted by Crippen LogP contribution is -2.45. The first-order valence-corrected chi connectivity index (χ1v) is 18.1. The Morgan fingerprint density at radius 1 is 0.412 bits per heavy atom. The van der Waals surface area contributed by atoms with Gasteiger partial charge < -0.3 is 0 Å². The van der Waals surface area contributed by atoms with Crippen molar-refractivity contribution in [3.63, 3.8) is 0 Å². The lowest BCUT2D eigenvalue weighted by molar-refractivity contribution is 0.403. The van der Waals surface area contributed by atoms with Crippen LogP contribution >= 0.6 is 0 Å². The predicted octanol–water partition coefficient (Wildman–Crippen LogP) is 11.0. The summed E-state index contributed by atoms with van der Waals surface area (Å²) >= 11 is 0. The topological polar surface area (TPSA) is 38.7 Å². The molecule has 4 aliphatic rings. The molecule has 0 aliphatic heterocycles. The van der Waals surface area contributed by atoms with E-state index in [2.05, 4.69) is 167 Å². The maximum Gasteiger partial charge on any atom is 0.163 e. The van der Waals surface area contributed by atoms with E-state index in [0.717, 1.165) is 34.5 Å². The first kappa shape index (κ1) is 30.2. The minimum atomic E-state index is -0.729. The van der Waals surface area contributed by atoms with Crippen molar-refractivity contribution in [1.82, 2.24) is 15.0 Å². The molecule has 0 atom stereocenters.